The van der Waals surface area contributed by atoms with Gasteiger partial charge in [-0.2, -0.15) is 14.9 Å². The second-order valence-electron chi connectivity index (χ2n) is 7.82. The Labute approximate surface area is 206 Å². The monoisotopic (exact) mass is 485 g/mol. The zero-order chi connectivity index (χ0) is 24.8. The van der Waals surface area contributed by atoms with Gasteiger partial charge in [-0.1, -0.05) is 48.6 Å². The number of aromatic nitrogens is 3. The number of nitrogens with zero attached hydrogens (tertiary/aromatic N) is 4. The number of rotatable bonds is 8. The number of hydrogen-bond acceptors (Lipinski definition) is 7. The van der Waals surface area contributed by atoms with Crippen LogP contribution in [-0.4, -0.2) is 20.5 Å². The van der Waals surface area contributed by atoms with Crippen LogP contribution in [0.4, 0.5) is 5.69 Å². The van der Waals surface area contributed by atoms with Gasteiger partial charge < -0.3 is 10.1 Å². The molecule has 1 amide bonds. The molecule has 0 aliphatic rings. The highest BCUT2D eigenvalue weighted by Gasteiger charge is 2.11. The van der Waals surface area contributed by atoms with Crippen LogP contribution in [0.15, 0.2) is 65.0 Å². The smallest absolute Gasteiger partial charge is 0.275 e. The first kappa shape index (κ1) is 23.9. The molecular formula is C26H23N5O3S. The molecule has 0 saturated carbocycles. The largest absolute Gasteiger partial charge is 0.487 e. The van der Waals surface area contributed by atoms with Gasteiger partial charge in [0.05, 0.1) is 5.69 Å². The minimum Gasteiger partial charge on any atom is -0.487 e. The van der Waals surface area contributed by atoms with Crippen molar-refractivity contribution in [3.8, 4) is 11.8 Å². The summed E-state index contributed by atoms with van der Waals surface area (Å²) in [6, 6.07) is 17.7. The summed E-state index contributed by atoms with van der Waals surface area (Å²) in [6.45, 7) is 4.07. The van der Waals surface area contributed by atoms with E-state index in [0.29, 0.717) is 27.7 Å². The average Bonchev–Trinajstić information content (AvgIpc) is 3.27. The molecule has 176 valence electrons. The van der Waals surface area contributed by atoms with Gasteiger partial charge in [-0.05, 0) is 48.7 Å². The van der Waals surface area contributed by atoms with Crippen LogP contribution in [0.5, 0.6) is 5.75 Å². The maximum Gasteiger partial charge on any atom is 0.275 e. The lowest BCUT2D eigenvalue weighted by Gasteiger charge is -2.08. The van der Waals surface area contributed by atoms with Gasteiger partial charge in [0.15, 0.2) is 0 Å². The third kappa shape index (κ3) is 5.80. The second-order valence-corrected chi connectivity index (χ2v) is 8.86. The van der Waals surface area contributed by atoms with E-state index < -0.39 is 5.91 Å². The van der Waals surface area contributed by atoms with Crippen molar-refractivity contribution >= 4 is 34.0 Å². The third-order valence-electron chi connectivity index (χ3n) is 5.14. The van der Waals surface area contributed by atoms with Gasteiger partial charge in [0, 0.05) is 18.2 Å². The zero-order valence-electron chi connectivity index (χ0n) is 19.3. The summed E-state index contributed by atoms with van der Waals surface area (Å²) >= 11 is 1.40. The van der Waals surface area contributed by atoms with Crippen LogP contribution < -0.4 is 15.6 Å². The predicted molar refractivity (Wildman–Crippen MR) is 135 cm³/mol. The van der Waals surface area contributed by atoms with Gasteiger partial charge in [0.25, 0.3) is 11.5 Å². The molecule has 4 aromatic rings. The molecule has 0 fully saturated rings. The Morgan fingerprint density at radius 2 is 2.00 bits per heavy atom. The number of aryl methyl sites for hydroxylation is 2. The van der Waals surface area contributed by atoms with Gasteiger partial charge in [-0.3, -0.25) is 9.59 Å². The Morgan fingerprint density at radius 1 is 1.23 bits per heavy atom. The molecule has 0 spiro atoms. The summed E-state index contributed by atoms with van der Waals surface area (Å²) in [4.78, 5) is 29.9. The molecule has 0 atom stereocenters. The van der Waals surface area contributed by atoms with Crippen LogP contribution >= 0.6 is 11.3 Å². The summed E-state index contributed by atoms with van der Waals surface area (Å²) in [7, 11) is 0. The number of para-hydroxylation sites is 1. The Kier molecular flexibility index (Phi) is 7.33. The van der Waals surface area contributed by atoms with Crippen LogP contribution in [0, 0.1) is 18.3 Å². The van der Waals surface area contributed by atoms with Crippen LogP contribution in [0.1, 0.15) is 35.2 Å². The fourth-order valence-corrected chi connectivity index (χ4v) is 4.34. The lowest BCUT2D eigenvalue weighted by atomic mass is 10.1. The number of nitrogens with one attached hydrogen (secondary N) is 1. The molecule has 1 N–H and O–H groups in total. The minimum atomic E-state index is -0.472. The number of anilines is 1. The van der Waals surface area contributed by atoms with E-state index in [1.165, 1.54) is 28.0 Å². The van der Waals surface area contributed by atoms with E-state index in [-0.39, 0.29) is 17.7 Å². The summed E-state index contributed by atoms with van der Waals surface area (Å²) < 4.78 is 7.11. The minimum absolute atomic E-state index is 0.00750. The molecule has 0 radical (unpaired) electrons. The van der Waals surface area contributed by atoms with Crippen molar-refractivity contribution in [1.29, 1.82) is 5.26 Å². The number of amides is 1. The zero-order valence-corrected chi connectivity index (χ0v) is 20.1. The predicted octanol–water partition coefficient (Wildman–Crippen LogP) is 4.54. The Morgan fingerprint density at radius 3 is 2.71 bits per heavy atom. The molecule has 2 heterocycles. The molecule has 0 aliphatic heterocycles. The van der Waals surface area contributed by atoms with Crippen molar-refractivity contribution in [2.45, 2.75) is 33.3 Å². The van der Waals surface area contributed by atoms with Gasteiger partial charge in [-0.25, -0.2) is 4.98 Å². The van der Waals surface area contributed by atoms with Crippen molar-refractivity contribution in [3.63, 3.8) is 0 Å². The fourth-order valence-electron chi connectivity index (χ4n) is 3.32. The Bertz CT molecular complexity index is 1500. The molecule has 35 heavy (non-hydrogen) atoms. The molecular weight excluding hydrogens is 462 g/mol. The standard InChI is InChI=1S/C26H23N5O3S/c1-3-6-23-30-31-24(32)14-20(28-26(31)35-23)16-34-21-11-9-18(10-12-21)13-19(15-27)25(33)29-22-8-5-4-7-17(22)2/h4-5,7-14H,3,6,16H2,1-2H3,(H,29,33). The summed E-state index contributed by atoms with van der Waals surface area (Å²) in [5, 5.41) is 17.4. The van der Waals surface area contributed by atoms with Crippen molar-refractivity contribution in [2.24, 2.45) is 0 Å². The van der Waals surface area contributed by atoms with E-state index >= 15 is 0 Å². The van der Waals surface area contributed by atoms with Crippen LogP contribution in [-0.2, 0) is 17.8 Å². The number of nitriles is 1. The molecule has 8 nitrogen and oxygen atoms in total. The van der Waals surface area contributed by atoms with E-state index in [1.807, 2.05) is 31.2 Å². The van der Waals surface area contributed by atoms with Gasteiger partial charge >= 0.3 is 0 Å². The average molecular weight is 486 g/mol. The number of ether oxygens (including phenoxy) is 1. The maximum absolute atomic E-state index is 12.5. The fraction of sp³-hybridized carbons (Fsp3) is 0.192. The van der Waals surface area contributed by atoms with E-state index in [1.54, 1.807) is 30.3 Å². The molecule has 0 bridgehead atoms. The van der Waals surface area contributed by atoms with Crippen molar-refractivity contribution in [1.82, 2.24) is 14.6 Å². The first-order valence-corrected chi connectivity index (χ1v) is 11.9. The Balaban J connectivity index is 1.42. The second kappa shape index (κ2) is 10.8. The molecule has 4 rings (SSSR count). The van der Waals surface area contributed by atoms with E-state index in [0.717, 1.165) is 23.4 Å². The van der Waals surface area contributed by atoms with Gasteiger partial charge in [-0.15, -0.1) is 0 Å². The highest BCUT2D eigenvalue weighted by molar-refractivity contribution is 7.16. The number of fused-ring (bicyclic) bond motifs is 1. The van der Waals surface area contributed by atoms with Crippen molar-refractivity contribution in [2.75, 3.05) is 5.32 Å². The van der Waals surface area contributed by atoms with E-state index in [9.17, 15) is 14.9 Å². The summed E-state index contributed by atoms with van der Waals surface area (Å²) in [6.07, 6.45) is 3.27. The van der Waals surface area contributed by atoms with E-state index in [2.05, 4.69) is 22.3 Å². The Hall–Kier alpha value is -4.29. The summed E-state index contributed by atoms with van der Waals surface area (Å²) in [5.74, 6) is 0.100. The maximum atomic E-state index is 12.5. The quantitative estimate of drug-likeness (QED) is 0.290. The molecule has 0 unspecified atom stereocenters. The highest BCUT2D eigenvalue weighted by Crippen LogP contribution is 2.19. The lowest BCUT2D eigenvalue weighted by Crippen LogP contribution is -2.16. The van der Waals surface area contributed by atoms with Crippen LogP contribution in [0.25, 0.3) is 11.0 Å². The van der Waals surface area contributed by atoms with Crippen LogP contribution in [0.3, 0.4) is 0 Å². The topological polar surface area (TPSA) is 109 Å². The normalized spacial score (nSPS) is 11.3. The van der Waals surface area contributed by atoms with Gasteiger partial charge in [0.2, 0.25) is 4.96 Å². The third-order valence-corrected chi connectivity index (χ3v) is 6.11. The first-order chi connectivity index (χ1) is 17.0. The number of carbonyl (C=O) groups is 1. The molecule has 2 aromatic heterocycles. The molecule has 2 aromatic carbocycles. The summed E-state index contributed by atoms with van der Waals surface area (Å²) in [5.41, 5.74) is 2.53. The SMILES string of the molecule is CCCc1nn2c(=O)cc(COc3ccc(C=C(C#N)C(=O)Nc4ccccc4C)cc3)nc2s1. The van der Waals surface area contributed by atoms with Gasteiger partial charge in [0.1, 0.15) is 29.0 Å². The highest BCUT2D eigenvalue weighted by atomic mass is 32.1. The first-order valence-electron chi connectivity index (χ1n) is 11.1. The van der Waals surface area contributed by atoms with E-state index in [4.69, 9.17) is 4.74 Å². The number of benzene rings is 2. The molecule has 0 aliphatic carbocycles. The molecule has 9 heteroatoms. The van der Waals surface area contributed by atoms with Crippen LogP contribution in [0.2, 0.25) is 0 Å². The molecule has 0 saturated heterocycles. The lowest BCUT2D eigenvalue weighted by molar-refractivity contribution is -0.112. The number of hydrogen-bond donors (Lipinski definition) is 1. The van der Waals surface area contributed by atoms with Crippen molar-refractivity contribution in [3.05, 3.63) is 92.4 Å². The number of carbonyl (C=O) groups excluding carboxylic acids is 1. The van der Waals surface area contributed by atoms with Crippen molar-refractivity contribution < 1.29 is 9.53 Å².